The molecule has 1 aliphatic rings. The number of imidazole rings is 1. The van der Waals surface area contributed by atoms with Crippen LogP contribution >= 0.6 is 23.4 Å². The molecule has 7 nitrogen and oxygen atoms in total. The van der Waals surface area contributed by atoms with E-state index in [1.165, 1.54) is 16.1 Å². The highest BCUT2D eigenvalue weighted by molar-refractivity contribution is 7.99. The topological polar surface area (TPSA) is 84.3 Å². The van der Waals surface area contributed by atoms with Gasteiger partial charge in [0, 0.05) is 41.5 Å². The van der Waals surface area contributed by atoms with E-state index in [4.69, 9.17) is 11.6 Å². The van der Waals surface area contributed by atoms with E-state index >= 15 is 0 Å². The summed E-state index contributed by atoms with van der Waals surface area (Å²) in [5.74, 6) is -0.157. The Morgan fingerprint density at radius 2 is 1.97 bits per heavy atom. The zero-order valence-electron chi connectivity index (χ0n) is 16.1. The highest BCUT2D eigenvalue weighted by atomic mass is 35.5. The molecule has 1 amide bonds. The summed E-state index contributed by atoms with van der Waals surface area (Å²) in [7, 11) is -1.36. The van der Waals surface area contributed by atoms with Crippen molar-refractivity contribution in [2.24, 2.45) is 7.05 Å². The number of carbonyl (C=O) groups is 1. The Labute approximate surface area is 184 Å². The van der Waals surface area contributed by atoms with Gasteiger partial charge in [-0.3, -0.25) is 9.10 Å². The van der Waals surface area contributed by atoms with Gasteiger partial charge in [0.1, 0.15) is 0 Å². The summed E-state index contributed by atoms with van der Waals surface area (Å²) in [6.07, 6.45) is 4.16. The third-order valence-corrected chi connectivity index (χ3v) is 7.94. The SMILES string of the molecule is Cn1ccnc1Sc1ccc(Cl)cc1NC(=O)c1ccc(N2CCCS2(=O)=O)cc1. The molecule has 0 saturated carbocycles. The van der Waals surface area contributed by atoms with Crippen LogP contribution in [0.25, 0.3) is 0 Å². The zero-order chi connectivity index (χ0) is 21.3. The van der Waals surface area contributed by atoms with Gasteiger partial charge < -0.3 is 9.88 Å². The Kier molecular flexibility index (Phi) is 5.77. The monoisotopic (exact) mass is 462 g/mol. The number of nitrogens with zero attached hydrogens (tertiary/aromatic N) is 3. The Balaban J connectivity index is 1.54. The summed E-state index contributed by atoms with van der Waals surface area (Å²) < 4.78 is 27.4. The van der Waals surface area contributed by atoms with E-state index in [2.05, 4.69) is 10.3 Å². The summed E-state index contributed by atoms with van der Waals surface area (Å²) in [6, 6.07) is 11.8. The molecular weight excluding hydrogens is 444 g/mol. The lowest BCUT2D eigenvalue weighted by Crippen LogP contribution is -2.25. The number of aromatic nitrogens is 2. The van der Waals surface area contributed by atoms with Crippen LogP contribution in [0.15, 0.2) is 64.9 Å². The average Bonchev–Trinajstić information content (AvgIpc) is 3.28. The zero-order valence-corrected chi connectivity index (χ0v) is 18.5. The van der Waals surface area contributed by atoms with Gasteiger partial charge in [-0.15, -0.1) is 0 Å². The predicted molar refractivity (Wildman–Crippen MR) is 119 cm³/mol. The van der Waals surface area contributed by atoms with Crippen LogP contribution in [0.1, 0.15) is 16.8 Å². The van der Waals surface area contributed by atoms with E-state index in [1.807, 2.05) is 23.9 Å². The molecule has 0 bridgehead atoms. The number of anilines is 2. The van der Waals surface area contributed by atoms with Crippen LogP contribution in [-0.2, 0) is 17.1 Å². The van der Waals surface area contributed by atoms with Crippen molar-refractivity contribution in [3.05, 3.63) is 65.4 Å². The number of sulfonamides is 1. The molecule has 1 fully saturated rings. The van der Waals surface area contributed by atoms with Gasteiger partial charge >= 0.3 is 0 Å². The van der Waals surface area contributed by atoms with Gasteiger partial charge in [0.25, 0.3) is 5.91 Å². The van der Waals surface area contributed by atoms with Gasteiger partial charge in [-0.25, -0.2) is 13.4 Å². The molecule has 156 valence electrons. The molecule has 30 heavy (non-hydrogen) atoms. The highest BCUT2D eigenvalue weighted by Crippen LogP contribution is 2.34. The van der Waals surface area contributed by atoms with Crippen molar-refractivity contribution in [1.82, 2.24) is 9.55 Å². The minimum absolute atomic E-state index is 0.153. The number of hydrogen-bond donors (Lipinski definition) is 1. The molecule has 2 heterocycles. The Morgan fingerprint density at radius 1 is 1.20 bits per heavy atom. The maximum absolute atomic E-state index is 12.8. The van der Waals surface area contributed by atoms with E-state index < -0.39 is 10.0 Å². The number of aryl methyl sites for hydroxylation is 1. The van der Waals surface area contributed by atoms with Crippen LogP contribution in [0, 0.1) is 0 Å². The van der Waals surface area contributed by atoms with Crippen LogP contribution in [0.3, 0.4) is 0 Å². The number of benzene rings is 2. The van der Waals surface area contributed by atoms with Crippen LogP contribution in [-0.4, -0.2) is 36.2 Å². The smallest absolute Gasteiger partial charge is 0.255 e. The first-order valence-electron chi connectivity index (χ1n) is 9.20. The third-order valence-electron chi connectivity index (χ3n) is 4.68. The second-order valence-electron chi connectivity index (χ2n) is 6.81. The van der Waals surface area contributed by atoms with Crippen LogP contribution < -0.4 is 9.62 Å². The summed E-state index contributed by atoms with van der Waals surface area (Å²) in [4.78, 5) is 17.9. The molecule has 4 rings (SSSR count). The number of rotatable bonds is 5. The lowest BCUT2D eigenvalue weighted by molar-refractivity contribution is 0.102. The number of amides is 1. The number of carbonyl (C=O) groups excluding carboxylic acids is 1. The van der Waals surface area contributed by atoms with Gasteiger partial charge in [-0.2, -0.15) is 0 Å². The summed E-state index contributed by atoms with van der Waals surface area (Å²) in [5, 5.41) is 4.18. The molecule has 1 saturated heterocycles. The first-order chi connectivity index (χ1) is 14.3. The largest absolute Gasteiger partial charge is 0.329 e. The molecule has 1 N–H and O–H groups in total. The second-order valence-corrected chi connectivity index (χ2v) is 10.3. The molecule has 0 aliphatic carbocycles. The van der Waals surface area contributed by atoms with Crippen LogP contribution in [0.5, 0.6) is 0 Å². The van der Waals surface area contributed by atoms with Crippen molar-refractivity contribution in [3.63, 3.8) is 0 Å². The van der Waals surface area contributed by atoms with E-state index in [0.717, 1.165) is 10.1 Å². The fourth-order valence-electron chi connectivity index (χ4n) is 3.14. The lowest BCUT2D eigenvalue weighted by atomic mass is 10.2. The summed E-state index contributed by atoms with van der Waals surface area (Å²) in [6.45, 7) is 0.462. The molecule has 3 aromatic rings. The predicted octanol–water partition coefficient (Wildman–Crippen LogP) is 4.02. The molecule has 1 aromatic heterocycles. The molecule has 2 aromatic carbocycles. The maximum atomic E-state index is 12.8. The molecule has 10 heteroatoms. The normalized spacial score (nSPS) is 15.3. The lowest BCUT2D eigenvalue weighted by Gasteiger charge is -2.17. The number of nitrogens with one attached hydrogen (secondary N) is 1. The van der Waals surface area contributed by atoms with Gasteiger partial charge in [0.05, 0.1) is 17.1 Å². The van der Waals surface area contributed by atoms with Gasteiger partial charge in [0.2, 0.25) is 10.0 Å². The Bertz CT molecular complexity index is 1190. The quantitative estimate of drug-likeness (QED) is 0.619. The average molecular weight is 463 g/mol. The van der Waals surface area contributed by atoms with Crippen LogP contribution in [0.2, 0.25) is 5.02 Å². The van der Waals surface area contributed by atoms with Crippen molar-refractivity contribution in [3.8, 4) is 0 Å². The summed E-state index contributed by atoms with van der Waals surface area (Å²) >= 11 is 7.55. The highest BCUT2D eigenvalue weighted by Gasteiger charge is 2.28. The standard InChI is InChI=1S/C20H19ClN4O3S2/c1-24-11-9-22-20(24)29-18-8-5-15(21)13-17(18)23-19(26)14-3-6-16(7-4-14)25-10-2-12-30(25,27)28/h3-9,11,13H,2,10,12H2,1H3,(H,23,26). The second kappa shape index (κ2) is 8.33. The van der Waals surface area contributed by atoms with Gasteiger partial charge in [0.15, 0.2) is 5.16 Å². The first kappa shape index (κ1) is 20.8. The molecule has 0 unspecified atom stereocenters. The van der Waals surface area contributed by atoms with E-state index in [9.17, 15) is 13.2 Å². The maximum Gasteiger partial charge on any atom is 0.255 e. The molecule has 0 spiro atoms. The van der Waals surface area contributed by atoms with Crippen molar-refractivity contribution in [1.29, 1.82) is 0 Å². The number of hydrogen-bond acceptors (Lipinski definition) is 5. The molecule has 1 aliphatic heterocycles. The minimum Gasteiger partial charge on any atom is -0.329 e. The van der Waals surface area contributed by atoms with Crippen molar-refractivity contribution < 1.29 is 13.2 Å². The molecular formula is C20H19ClN4O3S2. The minimum atomic E-state index is -3.25. The van der Waals surface area contributed by atoms with Gasteiger partial charge in [-0.1, -0.05) is 11.6 Å². The third kappa shape index (κ3) is 4.33. The molecule has 0 radical (unpaired) electrons. The fourth-order valence-corrected chi connectivity index (χ4v) is 5.75. The van der Waals surface area contributed by atoms with Gasteiger partial charge in [-0.05, 0) is 60.6 Å². The van der Waals surface area contributed by atoms with E-state index in [-0.39, 0.29) is 11.7 Å². The van der Waals surface area contributed by atoms with Crippen molar-refractivity contribution >= 4 is 50.7 Å². The fraction of sp³-hybridized carbons (Fsp3) is 0.200. The Hall–Kier alpha value is -2.49. The Morgan fingerprint density at radius 3 is 2.60 bits per heavy atom. The van der Waals surface area contributed by atoms with E-state index in [0.29, 0.717) is 34.9 Å². The molecule has 0 atom stereocenters. The van der Waals surface area contributed by atoms with Crippen molar-refractivity contribution in [2.75, 3.05) is 21.9 Å². The summed E-state index contributed by atoms with van der Waals surface area (Å²) in [5.41, 5.74) is 1.56. The number of halogens is 1. The van der Waals surface area contributed by atoms with E-state index in [1.54, 1.807) is 42.6 Å². The van der Waals surface area contributed by atoms with Crippen LogP contribution in [0.4, 0.5) is 11.4 Å². The van der Waals surface area contributed by atoms with Crippen molar-refractivity contribution in [2.45, 2.75) is 16.5 Å². The first-order valence-corrected chi connectivity index (χ1v) is 12.0.